The molecule has 8 heteroatoms. The highest BCUT2D eigenvalue weighted by Crippen LogP contribution is 2.31. The van der Waals surface area contributed by atoms with E-state index in [2.05, 4.69) is 5.32 Å². The van der Waals surface area contributed by atoms with Crippen molar-refractivity contribution in [3.8, 4) is 0 Å². The van der Waals surface area contributed by atoms with Gasteiger partial charge in [-0.25, -0.2) is 13.6 Å². The smallest absolute Gasteiger partial charge is 0.325 e. The molecule has 0 aliphatic carbocycles. The lowest BCUT2D eigenvalue weighted by Gasteiger charge is -2.26. The van der Waals surface area contributed by atoms with Gasteiger partial charge in [0.15, 0.2) is 0 Å². The third-order valence-electron chi connectivity index (χ3n) is 6.41. The van der Waals surface area contributed by atoms with Gasteiger partial charge in [-0.2, -0.15) is 0 Å². The Morgan fingerprint density at radius 1 is 0.889 bits per heavy atom. The maximum Gasteiger partial charge on any atom is 0.325 e. The molecule has 0 radical (unpaired) electrons. The number of nitrogens with zero attached hydrogens (tertiary/aromatic N) is 2. The number of rotatable bonds is 9. The number of nitrogens with one attached hydrogen (secondary N) is 1. The summed E-state index contributed by atoms with van der Waals surface area (Å²) in [7, 11) is 0. The minimum Gasteiger partial charge on any atom is -0.340 e. The van der Waals surface area contributed by atoms with Crippen LogP contribution in [0.2, 0.25) is 0 Å². The maximum atomic E-state index is 14.4. The van der Waals surface area contributed by atoms with E-state index in [-0.39, 0.29) is 5.56 Å². The van der Waals surface area contributed by atoms with Crippen LogP contribution < -0.4 is 5.32 Å². The van der Waals surface area contributed by atoms with Crippen molar-refractivity contribution in [3.05, 3.63) is 107 Å². The zero-order chi connectivity index (χ0) is 25.7. The minimum atomic E-state index is -1.82. The second kappa shape index (κ2) is 10.7. The number of halogens is 2. The van der Waals surface area contributed by atoms with Crippen molar-refractivity contribution >= 4 is 17.8 Å². The third-order valence-corrected chi connectivity index (χ3v) is 6.41. The van der Waals surface area contributed by atoms with Crippen molar-refractivity contribution < 1.29 is 23.2 Å². The fourth-order valence-electron chi connectivity index (χ4n) is 4.32. The summed E-state index contributed by atoms with van der Waals surface area (Å²) in [6, 6.07) is 21.3. The van der Waals surface area contributed by atoms with Gasteiger partial charge in [0.2, 0.25) is 5.91 Å². The molecule has 1 N–H and O–H groups in total. The van der Waals surface area contributed by atoms with E-state index in [9.17, 15) is 23.2 Å². The summed E-state index contributed by atoms with van der Waals surface area (Å²) in [6.45, 7) is 1.60. The highest BCUT2D eigenvalue weighted by molar-refractivity contribution is 6.09. The highest BCUT2D eigenvalue weighted by Gasteiger charge is 2.51. The molecule has 4 rings (SSSR count). The fourth-order valence-corrected chi connectivity index (χ4v) is 4.32. The number of imide groups is 1. The first-order chi connectivity index (χ1) is 17.3. The Morgan fingerprint density at radius 3 is 2.00 bits per heavy atom. The summed E-state index contributed by atoms with van der Waals surface area (Å²) in [4.78, 5) is 41.6. The topological polar surface area (TPSA) is 69.7 Å². The molecule has 0 unspecified atom stereocenters. The Labute approximate surface area is 208 Å². The predicted octanol–water partition coefficient (Wildman–Crippen LogP) is 4.05. The van der Waals surface area contributed by atoms with Gasteiger partial charge in [0.05, 0.1) is 0 Å². The van der Waals surface area contributed by atoms with Crippen LogP contribution in [0, 0.1) is 11.6 Å². The molecule has 1 heterocycles. The average molecular weight is 492 g/mol. The first-order valence-corrected chi connectivity index (χ1v) is 11.7. The summed E-state index contributed by atoms with van der Waals surface area (Å²) in [6.07, 6.45) is 1.21. The molecule has 0 bridgehead atoms. The van der Waals surface area contributed by atoms with Crippen LogP contribution in [-0.4, -0.2) is 47.3 Å². The van der Waals surface area contributed by atoms with Crippen molar-refractivity contribution in [1.29, 1.82) is 0 Å². The van der Waals surface area contributed by atoms with Gasteiger partial charge >= 0.3 is 6.03 Å². The lowest BCUT2D eigenvalue weighted by Crippen LogP contribution is -2.45. The normalized spacial score (nSPS) is 17.2. The van der Waals surface area contributed by atoms with Gasteiger partial charge < -0.3 is 10.2 Å². The fraction of sp³-hybridized carbons (Fsp3) is 0.250. The number of amides is 4. The molecule has 4 amide bonds. The van der Waals surface area contributed by atoms with E-state index in [4.69, 9.17) is 0 Å². The molecule has 1 saturated heterocycles. The molecule has 186 valence electrons. The van der Waals surface area contributed by atoms with Crippen LogP contribution >= 0.6 is 0 Å². The van der Waals surface area contributed by atoms with Crippen molar-refractivity contribution in [3.63, 3.8) is 0 Å². The SMILES string of the molecule is C[C@]1(c2cc(F)ccc2F)NC(=O)N(CC(=O)N(CCc2ccccc2)CCc2ccccc2)C1=O. The van der Waals surface area contributed by atoms with E-state index in [1.54, 1.807) is 4.90 Å². The quantitative estimate of drug-likeness (QED) is 0.460. The number of benzene rings is 3. The highest BCUT2D eigenvalue weighted by atomic mass is 19.1. The van der Waals surface area contributed by atoms with Gasteiger partial charge in [0.1, 0.15) is 23.7 Å². The standard InChI is InChI=1S/C28H27F2N3O3/c1-28(23-18-22(29)12-13-24(23)30)26(35)33(27(36)31-28)19-25(34)32(16-14-20-8-4-2-5-9-20)17-15-21-10-6-3-7-11-21/h2-13,18H,14-17,19H2,1H3,(H,31,36)/t28-/m1/s1. The van der Waals surface area contributed by atoms with Crippen LogP contribution in [0.5, 0.6) is 0 Å². The molecular formula is C28H27F2N3O3. The van der Waals surface area contributed by atoms with Gasteiger partial charge in [-0.15, -0.1) is 0 Å². The van der Waals surface area contributed by atoms with E-state index < -0.39 is 41.6 Å². The summed E-state index contributed by atoms with van der Waals surface area (Å²) in [5.74, 6) is -2.78. The predicted molar refractivity (Wildman–Crippen MR) is 131 cm³/mol. The summed E-state index contributed by atoms with van der Waals surface area (Å²) in [5, 5.41) is 2.43. The molecule has 3 aromatic rings. The van der Waals surface area contributed by atoms with E-state index in [1.165, 1.54) is 6.92 Å². The van der Waals surface area contributed by atoms with Crippen LogP contribution in [0.4, 0.5) is 13.6 Å². The van der Waals surface area contributed by atoms with Crippen LogP contribution in [0.3, 0.4) is 0 Å². The molecule has 1 fully saturated rings. The molecule has 1 aliphatic heterocycles. The first-order valence-electron chi connectivity index (χ1n) is 11.7. The van der Waals surface area contributed by atoms with Crippen LogP contribution in [0.1, 0.15) is 23.6 Å². The molecular weight excluding hydrogens is 464 g/mol. The van der Waals surface area contributed by atoms with Gasteiger partial charge in [-0.3, -0.25) is 14.5 Å². The van der Waals surface area contributed by atoms with Crippen molar-refractivity contribution in [2.24, 2.45) is 0 Å². The number of urea groups is 1. The monoisotopic (exact) mass is 491 g/mol. The van der Waals surface area contributed by atoms with Crippen molar-refractivity contribution in [1.82, 2.24) is 15.1 Å². The average Bonchev–Trinajstić information content (AvgIpc) is 3.10. The Kier molecular flexibility index (Phi) is 7.43. The summed E-state index contributed by atoms with van der Waals surface area (Å²) in [5.41, 5.74) is 0.00162. The number of hydrogen-bond acceptors (Lipinski definition) is 3. The number of hydrogen-bond donors (Lipinski definition) is 1. The first kappa shape index (κ1) is 25.0. The maximum absolute atomic E-state index is 14.4. The van der Waals surface area contributed by atoms with Crippen LogP contribution in [-0.2, 0) is 28.0 Å². The third kappa shape index (κ3) is 5.43. The van der Waals surface area contributed by atoms with E-state index in [0.29, 0.717) is 25.9 Å². The molecule has 0 aromatic heterocycles. The van der Waals surface area contributed by atoms with Gasteiger partial charge in [-0.1, -0.05) is 60.7 Å². The Hall–Kier alpha value is -4.07. The zero-order valence-electron chi connectivity index (χ0n) is 19.9. The molecule has 36 heavy (non-hydrogen) atoms. The van der Waals surface area contributed by atoms with Crippen molar-refractivity contribution in [2.45, 2.75) is 25.3 Å². The molecule has 0 saturated carbocycles. The minimum absolute atomic E-state index is 0.291. The van der Waals surface area contributed by atoms with E-state index in [0.717, 1.165) is 34.2 Å². The summed E-state index contributed by atoms with van der Waals surface area (Å²) < 4.78 is 28.2. The Balaban J connectivity index is 1.50. The Bertz CT molecular complexity index is 1210. The van der Waals surface area contributed by atoms with Gasteiger partial charge in [0.25, 0.3) is 5.91 Å². The second-order valence-corrected chi connectivity index (χ2v) is 8.92. The molecule has 1 aliphatic rings. The largest absolute Gasteiger partial charge is 0.340 e. The van der Waals surface area contributed by atoms with Gasteiger partial charge in [0, 0.05) is 18.7 Å². The van der Waals surface area contributed by atoms with Crippen LogP contribution in [0.25, 0.3) is 0 Å². The van der Waals surface area contributed by atoms with Gasteiger partial charge in [-0.05, 0) is 49.1 Å². The lowest BCUT2D eigenvalue weighted by molar-refractivity contribution is -0.139. The van der Waals surface area contributed by atoms with E-state index in [1.807, 2.05) is 60.7 Å². The molecule has 3 aromatic carbocycles. The Morgan fingerprint density at radius 2 is 1.44 bits per heavy atom. The number of carbonyl (C=O) groups is 3. The van der Waals surface area contributed by atoms with Crippen LogP contribution in [0.15, 0.2) is 78.9 Å². The lowest BCUT2D eigenvalue weighted by atomic mass is 9.91. The van der Waals surface area contributed by atoms with E-state index >= 15 is 0 Å². The summed E-state index contributed by atoms with van der Waals surface area (Å²) >= 11 is 0. The number of carbonyl (C=O) groups excluding carboxylic acids is 3. The van der Waals surface area contributed by atoms with Crippen molar-refractivity contribution in [2.75, 3.05) is 19.6 Å². The molecule has 6 nitrogen and oxygen atoms in total. The zero-order valence-corrected chi connectivity index (χ0v) is 19.9. The molecule has 0 spiro atoms. The molecule has 1 atom stereocenters. The second-order valence-electron chi connectivity index (χ2n) is 8.92.